The Bertz CT molecular complexity index is 306. The van der Waals surface area contributed by atoms with Crippen LogP contribution in [0.2, 0.25) is 0 Å². The molecule has 1 aromatic carbocycles. The minimum Gasteiger partial charge on any atom is -0.384 e. The molecule has 2 heteroatoms. The van der Waals surface area contributed by atoms with Gasteiger partial charge in [0, 0.05) is 25.3 Å². The van der Waals surface area contributed by atoms with E-state index >= 15 is 0 Å². The van der Waals surface area contributed by atoms with Gasteiger partial charge in [-0.3, -0.25) is 0 Å². The van der Waals surface area contributed by atoms with E-state index < -0.39 is 0 Å². The Kier molecular flexibility index (Phi) is 4.87. The number of hydrogen-bond acceptors (Lipinski definition) is 2. The molecule has 0 radical (unpaired) electrons. The van der Waals surface area contributed by atoms with Crippen molar-refractivity contribution in [2.75, 3.05) is 31.5 Å². The van der Waals surface area contributed by atoms with E-state index in [1.165, 1.54) is 38.0 Å². The molecule has 0 bridgehead atoms. The average Bonchev–Trinajstić information content (AvgIpc) is 2.32. The molecule has 2 rings (SSSR count). The number of benzene rings is 1. The van der Waals surface area contributed by atoms with E-state index in [-0.39, 0.29) is 0 Å². The van der Waals surface area contributed by atoms with Gasteiger partial charge in [-0.15, -0.1) is 0 Å². The molecule has 0 aliphatic heterocycles. The van der Waals surface area contributed by atoms with Gasteiger partial charge in [0.15, 0.2) is 0 Å². The number of rotatable bonds is 7. The first-order valence-electron chi connectivity index (χ1n) is 6.89. The fourth-order valence-corrected chi connectivity index (χ4v) is 2.33. The summed E-state index contributed by atoms with van der Waals surface area (Å²) in [5, 5.41) is 3.48. The maximum absolute atomic E-state index is 3.48. The van der Waals surface area contributed by atoms with Gasteiger partial charge in [0.2, 0.25) is 0 Å². The average molecular weight is 232 g/mol. The predicted molar refractivity (Wildman–Crippen MR) is 74.4 cm³/mol. The zero-order valence-corrected chi connectivity index (χ0v) is 10.9. The molecular formula is C15H24N2. The van der Waals surface area contributed by atoms with Crippen molar-refractivity contribution in [3.63, 3.8) is 0 Å². The summed E-state index contributed by atoms with van der Waals surface area (Å²) in [6, 6.07) is 10.5. The number of nitrogens with one attached hydrogen (secondary N) is 1. The van der Waals surface area contributed by atoms with Gasteiger partial charge in [0.05, 0.1) is 0 Å². The molecule has 1 aliphatic rings. The van der Waals surface area contributed by atoms with Crippen molar-refractivity contribution in [1.82, 2.24) is 4.90 Å². The van der Waals surface area contributed by atoms with Crippen LogP contribution in [0.25, 0.3) is 0 Å². The van der Waals surface area contributed by atoms with E-state index in [0.717, 1.165) is 19.0 Å². The summed E-state index contributed by atoms with van der Waals surface area (Å²) < 4.78 is 0. The lowest BCUT2D eigenvalue weighted by atomic mass is 9.85. The molecule has 0 spiro atoms. The van der Waals surface area contributed by atoms with Gasteiger partial charge >= 0.3 is 0 Å². The normalized spacial score (nSPS) is 15.9. The number of nitrogens with zero attached hydrogens (tertiary/aromatic N) is 1. The highest BCUT2D eigenvalue weighted by Gasteiger charge is 2.19. The van der Waals surface area contributed by atoms with E-state index in [1.807, 2.05) is 0 Å². The molecule has 0 aromatic heterocycles. The van der Waals surface area contributed by atoms with E-state index in [1.54, 1.807) is 0 Å². The first-order valence-corrected chi connectivity index (χ1v) is 6.89. The Morgan fingerprint density at radius 2 is 2.00 bits per heavy atom. The molecular weight excluding hydrogens is 208 g/mol. The molecule has 1 aromatic rings. The van der Waals surface area contributed by atoms with Crippen LogP contribution in [-0.4, -0.2) is 31.1 Å². The highest BCUT2D eigenvalue weighted by molar-refractivity contribution is 5.42. The standard InChI is InChI=1S/C15H24N2/c1-2-17(13-14-7-6-8-14)12-11-16-15-9-4-3-5-10-15/h3-5,9-10,14,16H,2,6-8,11-13H2,1H3. The minimum atomic E-state index is 0.978. The van der Waals surface area contributed by atoms with Crippen molar-refractivity contribution >= 4 is 5.69 Å². The highest BCUT2D eigenvalue weighted by atomic mass is 15.1. The smallest absolute Gasteiger partial charge is 0.0340 e. The Morgan fingerprint density at radius 3 is 2.59 bits per heavy atom. The number of likely N-dealkylation sites (N-methyl/N-ethyl adjacent to an activating group) is 1. The van der Waals surface area contributed by atoms with Gasteiger partial charge in [-0.05, 0) is 37.4 Å². The minimum absolute atomic E-state index is 0.978. The third-order valence-corrected chi connectivity index (χ3v) is 3.72. The molecule has 1 aliphatic carbocycles. The fraction of sp³-hybridized carbons (Fsp3) is 0.600. The molecule has 0 atom stereocenters. The second-order valence-electron chi connectivity index (χ2n) is 4.98. The molecule has 0 heterocycles. The van der Waals surface area contributed by atoms with Crippen molar-refractivity contribution in [1.29, 1.82) is 0 Å². The van der Waals surface area contributed by atoms with Crippen molar-refractivity contribution < 1.29 is 0 Å². The zero-order valence-electron chi connectivity index (χ0n) is 10.9. The molecule has 0 unspecified atom stereocenters. The van der Waals surface area contributed by atoms with Crippen molar-refractivity contribution in [3.8, 4) is 0 Å². The lowest BCUT2D eigenvalue weighted by Gasteiger charge is -2.31. The number of para-hydroxylation sites is 1. The Balaban J connectivity index is 1.65. The van der Waals surface area contributed by atoms with E-state index in [4.69, 9.17) is 0 Å². The van der Waals surface area contributed by atoms with Crippen LogP contribution in [0.4, 0.5) is 5.69 Å². The Morgan fingerprint density at radius 1 is 1.24 bits per heavy atom. The van der Waals surface area contributed by atoms with Crippen molar-refractivity contribution in [2.24, 2.45) is 5.92 Å². The second kappa shape index (κ2) is 6.65. The van der Waals surface area contributed by atoms with Crippen LogP contribution >= 0.6 is 0 Å². The quantitative estimate of drug-likeness (QED) is 0.776. The summed E-state index contributed by atoms with van der Waals surface area (Å²) in [6.07, 6.45) is 4.34. The topological polar surface area (TPSA) is 15.3 Å². The van der Waals surface area contributed by atoms with Gasteiger partial charge in [-0.2, -0.15) is 0 Å². The second-order valence-corrected chi connectivity index (χ2v) is 4.98. The van der Waals surface area contributed by atoms with Crippen LogP contribution in [0, 0.1) is 5.92 Å². The largest absolute Gasteiger partial charge is 0.384 e. The van der Waals surface area contributed by atoms with Crippen LogP contribution in [0.15, 0.2) is 30.3 Å². The van der Waals surface area contributed by atoms with Gasteiger partial charge in [0.25, 0.3) is 0 Å². The third-order valence-electron chi connectivity index (χ3n) is 3.72. The van der Waals surface area contributed by atoms with Crippen LogP contribution < -0.4 is 5.32 Å². The van der Waals surface area contributed by atoms with E-state index in [9.17, 15) is 0 Å². The lowest BCUT2D eigenvalue weighted by molar-refractivity contribution is 0.189. The number of hydrogen-bond donors (Lipinski definition) is 1. The summed E-state index contributed by atoms with van der Waals surface area (Å²) in [7, 11) is 0. The molecule has 0 saturated heterocycles. The summed E-state index contributed by atoms with van der Waals surface area (Å²) in [6.45, 7) is 6.94. The predicted octanol–water partition coefficient (Wildman–Crippen LogP) is 3.22. The molecule has 1 fully saturated rings. The molecule has 2 nitrogen and oxygen atoms in total. The van der Waals surface area contributed by atoms with Crippen molar-refractivity contribution in [2.45, 2.75) is 26.2 Å². The molecule has 1 saturated carbocycles. The lowest BCUT2D eigenvalue weighted by Crippen LogP contribution is -2.35. The summed E-state index contributed by atoms with van der Waals surface area (Å²) in [5.74, 6) is 0.978. The van der Waals surface area contributed by atoms with Crippen molar-refractivity contribution in [3.05, 3.63) is 30.3 Å². The van der Waals surface area contributed by atoms with Crippen LogP contribution in [0.5, 0.6) is 0 Å². The molecule has 17 heavy (non-hydrogen) atoms. The maximum Gasteiger partial charge on any atom is 0.0340 e. The SMILES string of the molecule is CCN(CCNc1ccccc1)CC1CCC1. The van der Waals surface area contributed by atoms with Crippen LogP contribution in [-0.2, 0) is 0 Å². The molecule has 1 N–H and O–H groups in total. The van der Waals surface area contributed by atoms with Gasteiger partial charge < -0.3 is 10.2 Å². The molecule has 0 amide bonds. The first-order chi connectivity index (χ1) is 8.38. The van der Waals surface area contributed by atoms with Crippen LogP contribution in [0.3, 0.4) is 0 Å². The third kappa shape index (κ3) is 4.04. The summed E-state index contributed by atoms with van der Waals surface area (Å²) in [4.78, 5) is 2.57. The van der Waals surface area contributed by atoms with Gasteiger partial charge in [0.1, 0.15) is 0 Å². The van der Waals surface area contributed by atoms with Gasteiger partial charge in [-0.25, -0.2) is 0 Å². The number of anilines is 1. The summed E-state index contributed by atoms with van der Waals surface area (Å²) in [5.41, 5.74) is 1.23. The zero-order chi connectivity index (χ0) is 11.9. The monoisotopic (exact) mass is 232 g/mol. The first kappa shape index (κ1) is 12.4. The molecule has 94 valence electrons. The van der Waals surface area contributed by atoms with E-state index in [0.29, 0.717) is 0 Å². The highest BCUT2D eigenvalue weighted by Crippen LogP contribution is 2.26. The Hall–Kier alpha value is -1.02. The fourth-order valence-electron chi connectivity index (χ4n) is 2.33. The maximum atomic E-state index is 3.48. The Labute approximate surface area is 105 Å². The summed E-state index contributed by atoms with van der Waals surface area (Å²) >= 11 is 0. The van der Waals surface area contributed by atoms with Gasteiger partial charge in [-0.1, -0.05) is 31.5 Å². The van der Waals surface area contributed by atoms with E-state index in [2.05, 4.69) is 47.5 Å². The van der Waals surface area contributed by atoms with Crippen LogP contribution in [0.1, 0.15) is 26.2 Å².